The maximum Gasteiger partial charge on any atom is -0.0152 e. The van der Waals surface area contributed by atoms with Gasteiger partial charge in [0.25, 0.3) is 0 Å². The van der Waals surface area contributed by atoms with Gasteiger partial charge < -0.3 is 0 Å². The molecule has 0 unspecified atom stereocenters. The lowest BCUT2D eigenvalue weighted by Crippen LogP contribution is -2.19. The van der Waals surface area contributed by atoms with Crippen molar-refractivity contribution in [2.45, 2.75) is 33.6 Å². The highest BCUT2D eigenvalue weighted by Crippen LogP contribution is 2.30. The van der Waals surface area contributed by atoms with Gasteiger partial charge in [-0.15, -0.1) is 6.58 Å². The molecule has 1 aromatic rings. The van der Waals surface area contributed by atoms with E-state index in [2.05, 4.69) is 63.8 Å². The number of allylic oxidation sites excluding steroid dienone is 1. The van der Waals surface area contributed by atoms with Crippen molar-refractivity contribution in [2.75, 3.05) is 0 Å². The molecule has 0 amide bonds. The summed E-state index contributed by atoms with van der Waals surface area (Å²) in [5.41, 5.74) is 1.68. The third-order valence-corrected chi connectivity index (χ3v) is 3.51. The van der Waals surface area contributed by atoms with Gasteiger partial charge in [-0.05, 0) is 29.7 Å². The second kappa shape index (κ2) is 5.16. The summed E-state index contributed by atoms with van der Waals surface area (Å²) in [6, 6.07) is 10.7. The first-order valence-corrected chi connectivity index (χ1v) is 5.74. The van der Waals surface area contributed by atoms with Gasteiger partial charge in [0.1, 0.15) is 0 Å². The maximum atomic E-state index is 3.91. The average Bonchev–Trinajstić information content (AvgIpc) is 2.27. The van der Waals surface area contributed by atoms with Crippen LogP contribution in [0.3, 0.4) is 0 Å². The molecule has 0 heteroatoms. The van der Waals surface area contributed by atoms with E-state index in [1.807, 2.05) is 0 Å². The highest BCUT2D eigenvalue weighted by molar-refractivity contribution is 5.14. The zero-order chi connectivity index (χ0) is 11.3. The first-order chi connectivity index (χ1) is 7.06. The van der Waals surface area contributed by atoms with Gasteiger partial charge >= 0.3 is 0 Å². The minimum absolute atomic E-state index is 0.245. The molecule has 1 rings (SSSR count). The SMILES string of the molecule is C=CC(C)(C)[C@H](C)CCc1ccccc1. The molecule has 0 aliphatic heterocycles. The fourth-order valence-electron chi connectivity index (χ4n) is 1.60. The van der Waals surface area contributed by atoms with Gasteiger partial charge in [-0.25, -0.2) is 0 Å². The third kappa shape index (κ3) is 3.54. The van der Waals surface area contributed by atoms with Crippen molar-refractivity contribution >= 4 is 0 Å². The Morgan fingerprint density at radius 2 is 1.87 bits per heavy atom. The van der Waals surface area contributed by atoms with Crippen molar-refractivity contribution in [3.8, 4) is 0 Å². The first-order valence-electron chi connectivity index (χ1n) is 5.74. The molecule has 0 spiro atoms. The molecule has 82 valence electrons. The Kier molecular flexibility index (Phi) is 4.14. The predicted molar refractivity (Wildman–Crippen MR) is 67.9 cm³/mol. The summed E-state index contributed by atoms with van der Waals surface area (Å²) in [6.07, 6.45) is 4.46. The van der Waals surface area contributed by atoms with E-state index in [1.54, 1.807) is 0 Å². The summed E-state index contributed by atoms with van der Waals surface area (Å²) in [7, 11) is 0. The molecule has 0 saturated carbocycles. The van der Waals surface area contributed by atoms with Crippen LogP contribution >= 0.6 is 0 Å². The second-order valence-corrected chi connectivity index (χ2v) is 4.95. The van der Waals surface area contributed by atoms with Crippen molar-refractivity contribution in [2.24, 2.45) is 11.3 Å². The summed E-state index contributed by atoms with van der Waals surface area (Å²) < 4.78 is 0. The fraction of sp³-hybridized carbons (Fsp3) is 0.467. The average molecular weight is 202 g/mol. The van der Waals surface area contributed by atoms with Crippen molar-refractivity contribution < 1.29 is 0 Å². The van der Waals surface area contributed by atoms with Crippen LogP contribution in [-0.2, 0) is 6.42 Å². The van der Waals surface area contributed by atoms with Crippen molar-refractivity contribution in [3.63, 3.8) is 0 Å². The summed E-state index contributed by atoms with van der Waals surface area (Å²) in [5.74, 6) is 0.676. The molecule has 1 atom stereocenters. The normalized spacial score (nSPS) is 13.5. The molecule has 0 fully saturated rings. The molecule has 0 heterocycles. The highest BCUT2D eigenvalue weighted by atomic mass is 14.3. The van der Waals surface area contributed by atoms with Crippen LogP contribution in [0.25, 0.3) is 0 Å². The molecule has 15 heavy (non-hydrogen) atoms. The minimum atomic E-state index is 0.245. The molecule has 0 bridgehead atoms. The molecular weight excluding hydrogens is 180 g/mol. The zero-order valence-corrected chi connectivity index (χ0v) is 10.2. The molecule has 0 nitrogen and oxygen atoms in total. The van der Waals surface area contributed by atoms with E-state index in [0.717, 1.165) is 0 Å². The van der Waals surface area contributed by atoms with Crippen LogP contribution < -0.4 is 0 Å². The van der Waals surface area contributed by atoms with Gasteiger partial charge in [-0.1, -0.05) is 57.2 Å². The Hall–Kier alpha value is -1.04. The summed E-state index contributed by atoms with van der Waals surface area (Å²) >= 11 is 0. The summed E-state index contributed by atoms with van der Waals surface area (Å²) in [6.45, 7) is 10.7. The van der Waals surface area contributed by atoms with Crippen LogP contribution in [-0.4, -0.2) is 0 Å². The fourth-order valence-corrected chi connectivity index (χ4v) is 1.60. The van der Waals surface area contributed by atoms with Gasteiger partial charge in [-0.2, -0.15) is 0 Å². The molecule has 0 aromatic heterocycles. The Labute approximate surface area is 94.0 Å². The largest absolute Gasteiger partial charge is 0.103 e. The van der Waals surface area contributed by atoms with E-state index in [4.69, 9.17) is 0 Å². The monoisotopic (exact) mass is 202 g/mol. The Balaban J connectivity index is 2.48. The summed E-state index contributed by atoms with van der Waals surface area (Å²) in [5, 5.41) is 0. The van der Waals surface area contributed by atoms with E-state index in [1.165, 1.54) is 18.4 Å². The van der Waals surface area contributed by atoms with E-state index < -0.39 is 0 Å². The quantitative estimate of drug-likeness (QED) is 0.618. The zero-order valence-electron chi connectivity index (χ0n) is 10.2. The highest BCUT2D eigenvalue weighted by Gasteiger charge is 2.21. The van der Waals surface area contributed by atoms with E-state index in [0.29, 0.717) is 5.92 Å². The predicted octanol–water partition coefficient (Wildman–Crippen LogP) is 4.47. The van der Waals surface area contributed by atoms with Crippen LogP contribution in [0.1, 0.15) is 32.8 Å². The van der Waals surface area contributed by atoms with Gasteiger partial charge in [-0.3, -0.25) is 0 Å². The smallest absolute Gasteiger partial charge is 0.0152 e. The molecule has 0 saturated heterocycles. The topological polar surface area (TPSA) is 0 Å². The lowest BCUT2D eigenvalue weighted by Gasteiger charge is -2.28. The number of rotatable bonds is 5. The maximum absolute atomic E-state index is 3.91. The van der Waals surface area contributed by atoms with Gasteiger partial charge in [0, 0.05) is 0 Å². The van der Waals surface area contributed by atoms with Crippen LogP contribution in [0, 0.1) is 11.3 Å². The van der Waals surface area contributed by atoms with Crippen LogP contribution in [0.4, 0.5) is 0 Å². The van der Waals surface area contributed by atoms with E-state index in [-0.39, 0.29) is 5.41 Å². The van der Waals surface area contributed by atoms with Gasteiger partial charge in [0.05, 0.1) is 0 Å². The number of benzene rings is 1. The Morgan fingerprint density at radius 1 is 1.27 bits per heavy atom. The van der Waals surface area contributed by atoms with E-state index >= 15 is 0 Å². The van der Waals surface area contributed by atoms with Crippen LogP contribution in [0.15, 0.2) is 43.0 Å². The molecular formula is C15H22. The van der Waals surface area contributed by atoms with Crippen molar-refractivity contribution in [1.82, 2.24) is 0 Å². The number of aryl methyl sites for hydroxylation is 1. The van der Waals surface area contributed by atoms with E-state index in [9.17, 15) is 0 Å². The molecule has 1 aromatic carbocycles. The Morgan fingerprint density at radius 3 is 2.40 bits per heavy atom. The molecule has 0 N–H and O–H groups in total. The third-order valence-electron chi connectivity index (χ3n) is 3.51. The number of hydrogen-bond donors (Lipinski definition) is 0. The first kappa shape index (κ1) is 12.0. The van der Waals surface area contributed by atoms with Gasteiger partial charge in [0.15, 0.2) is 0 Å². The van der Waals surface area contributed by atoms with Crippen LogP contribution in [0.2, 0.25) is 0 Å². The summed E-state index contributed by atoms with van der Waals surface area (Å²) in [4.78, 5) is 0. The lowest BCUT2D eigenvalue weighted by atomic mass is 9.77. The van der Waals surface area contributed by atoms with Crippen molar-refractivity contribution in [1.29, 1.82) is 0 Å². The standard InChI is InChI=1S/C15H22/c1-5-15(3,4)13(2)11-12-14-9-7-6-8-10-14/h5-10,13H,1,11-12H2,2-4H3/t13-/m1/s1. The van der Waals surface area contributed by atoms with Crippen molar-refractivity contribution in [3.05, 3.63) is 48.6 Å². The Bertz CT molecular complexity index is 295. The number of hydrogen-bond acceptors (Lipinski definition) is 0. The second-order valence-electron chi connectivity index (χ2n) is 4.95. The van der Waals surface area contributed by atoms with Crippen LogP contribution in [0.5, 0.6) is 0 Å². The minimum Gasteiger partial charge on any atom is -0.103 e. The van der Waals surface area contributed by atoms with Gasteiger partial charge in [0.2, 0.25) is 0 Å². The lowest BCUT2D eigenvalue weighted by molar-refractivity contribution is 0.290. The molecule has 0 aliphatic rings. The molecule has 0 aliphatic carbocycles. The molecule has 0 radical (unpaired) electrons.